The van der Waals surface area contributed by atoms with Gasteiger partial charge >= 0.3 is 5.97 Å². The second-order valence-corrected chi connectivity index (χ2v) is 7.62. The molecule has 8 heteroatoms. The molecular weight excluding hydrogens is 366 g/mol. The van der Waals surface area contributed by atoms with Gasteiger partial charge in [-0.05, 0) is 37.3 Å². The Labute approximate surface area is 159 Å². The van der Waals surface area contributed by atoms with Gasteiger partial charge in [0.25, 0.3) is 11.6 Å². The number of rotatable bonds is 6. The van der Waals surface area contributed by atoms with Crippen molar-refractivity contribution in [3.63, 3.8) is 0 Å². The second kappa shape index (κ2) is 7.11. The molecule has 140 valence electrons. The van der Waals surface area contributed by atoms with E-state index >= 15 is 0 Å². The first-order chi connectivity index (χ1) is 13.1. The minimum Gasteiger partial charge on any atom is -0.469 e. The summed E-state index contributed by atoms with van der Waals surface area (Å²) in [7, 11) is 1.34. The minimum absolute atomic E-state index is 0.0646. The van der Waals surface area contributed by atoms with Crippen LogP contribution in [-0.4, -0.2) is 29.1 Å². The third-order valence-corrected chi connectivity index (χ3v) is 5.65. The normalized spacial score (nSPS) is 14.9. The lowest BCUT2D eigenvalue weighted by molar-refractivity contribution is -0.141. The molecular formula is C19H19N3O4S. The largest absolute Gasteiger partial charge is 0.469 e. The molecule has 4 rings (SSSR count). The van der Waals surface area contributed by atoms with E-state index in [-0.39, 0.29) is 18.3 Å². The number of esters is 1. The van der Waals surface area contributed by atoms with E-state index in [2.05, 4.69) is 15.5 Å². The van der Waals surface area contributed by atoms with Gasteiger partial charge in [-0.3, -0.25) is 9.59 Å². The van der Waals surface area contributed by atoms with Crippen molar-refractivity contribution in [3.8, 4) is 0 Å². The fourth-order valence-electron chi connectivity index (χ4n) is 3.08. The van der Waals surface area contributed by atoms with Crippen LogP contribution in [0.3, 0.4) is 0 Å². The zero-order valence-electron chi connectivity index (χ0n) is 15.0. The summed E-state index contributed by atoms with van der Waals surface area (Å²) in [6.45, 7) is 1.78. The Hall–Kier alpha value is -2.74. The van der Waals surface area contributed by atoms with Gasteiger partial charge in [0.05, 0.1) is 36.2 Å². The lowest BCUT2D eigenvalue weighted by Gasteiger charge is -2.17. The van der Waals surface area contributed by atoms with Crippen LogP contribution in [0.5, 0.6) is 0 Å². The van der Waals surface area contributed by atoms with Crippen LogP contribution in [-0.2, 0) is 9.53 Å². The number of hydrogen-bond donors (Lipinski definition) is 1. The molecule has 1 aliphatic rings. The molecule has 0 aliphatic heterocycles. The van der Waals surface area contributed by atoms with Crippen molar-refractivity contribution in [2.24, 2.45) is 0 Å². The number of hydrogen-bond acceptors (Lipinski definition) is 7. The standard InChI is InChI=1S/C19H19N3O4S/c1-10-17-12(8-13(11-5-6-11)21-19(17)26-22-10)18(24)20-14(9-16(23)25-2)15-4-3-7-27-15/h3-4,7-8,11,14H,5-6,9H2,1-2H3,(H,20,24). The molecule has 0 aromatic carbocycles. The molecule has 0 radical (unpaired) electrons. The van der Waals surface area contributed by atoms with Crippen molar-refractivity contribution in [1.82, 2.24) is 15.5 Å². The van der Waals surface area contributed by atoms with Gasteiger partial charge in [0.2, 0.25) is 0 Å². The Morgan fingerprint density at radius 2 is 2.26 bits per heavy atom. The van der Waals surface area contributed by atoms with Gasteiger partial charge in [-0.25, -0.2) is 4.98 Å². The molecule has 0 saturated heterocycles. The Kier molecular flexibility index (Phi) is 4.65. The monoisotopic (exact) mass is 385 g/mol. The number of nitrogens with one attached hydrogen (secondary N) is 1. The zero-order chi connectivity index (χ0) is 19.0. The SMILES string of the molecule is COC(=O)CC(NC(=O)c1cc(C2CC2)nc2onc(C)c12)c1cccs1. The average molecular weight is 385 g/mol. The molecule has 1 unspecified atom stereocenters. The highest BCUT2D eigenvalue weighted by atomic mass is 32.1. The highest BCUT2D eigenvalue weighted by Gasteiger charge is 2.29. The Balaban J connectivity index is 1.68. The summed E-state index contributed by atoms with van der Waals surface area (Å²) in [4.78, 5) is 30.3. The van der Waals surface area contributed by atoms with E-state index in [1.807, 2.05) is 23.6 Å². The fraction of sp³-hybridized carbons (Fsp3) is 0.368. The number of amides is 1. The number of ether oxygens (including phenoxy) is 1. The van der Waals surface area contributed by atoms with E-state index in [1.54, 1.807) is 6.92 Å². The molecule has 1 atom stereocenters. The van der Waals surface area contributed by atoms with Crippen molar-refractivity contribution in [2.45, 2.75) is 38.1 Å². The maximum absolute atomic E-state index is 13.1. The molecule has 3 aromatic heterocycles. The van der Waals surface area contributed by atoms with E-state index in [4.69, 9.17) is 9.26 Å². The summed E-state index contributed by atoms with van der Waals surface area (Å²) in [6.07, 6.45) is 2.19. The van der Waals surface area contributed by atoms with Crippen molar-refractivity contribution in [1.29, 1.82) is 0 Å². The van der Waals surface area contributed by atoms with Crippen LogP contribution in [0.15, 0.2) is 28.1 Å². The average Bonchev–Trinajstić information content (AvgIpc) is 3.24. The molecule has 3 aromatic rings. The fourth-order valence-corrected chi connectivity index (χ4v) is 3.86. The minimum atomic E-state index is -0.460. The molecule has 0 bridgehead atoms. The first kappa shape index (κ1) is 17.7. The summed E-state index contributed by atoms with van der Waals surface area (Å²) >= 11 is 1.48. The highest BCUT2D eigenvalue weighted by Crippen LogP contribution is 2.40. The van der Waals surface area contributed by atoms with Gasteiger partial charge in [-0.15, -0.1) is 11.3 Å². The summed E-state index contributed by atoms with van der Waals surface area (Å²) in [6, 6.07) is 5.14. The van der Waals surface area contributed by atoms with Crippen molar-refractivity contribution in [2.75, 3.05) is 7.11 Å². The van der Waals surface area contributed by atoms with Crippen LogP contribution >= 0.6 is 11.3 Å². The van der Waals surface area contributed by atoms with E-state index in [0.717, 1.165) is 23.4 Å². The number of fused-ring (bicyclic) bond motifs is 1. The maximum atomic E-state index is 13.1. The summed E-state index contributed by atoms with van der Waals surface area (Å²) in [5.74, 6) is -0.291. The number of nitrogens with zero attached hydrogens (tertiary/aromatic N) is 2. The number of pyridine rings is 1. The predicted molar refractivity (Wildman–Crippen MR) is 99.7 cm³/mol. The smallest absolute Gasteiger partial charge is 0.307 e. The summed E-state index contributed by atoms with van der Waals surface area (Å²) in [5, 5.41) is 9.45. The van der Waals surface area contributed by atoms with Gasteiger partial charge in [0.15, 0.2) is 0 Å². The van der Waals surface area contributed by atoms with Crippen LogP contribution in [0.1, 0.15) is 57.8 Å². The highest BCUT2D eigenvalue weighted by molar-refractivity contribution is 7.10. The molecule has 0 spiro atoms. The van der Waals surface area contributed by atoms with Gasteiger partial charge in [-0.2, -0.15) is 0 Å². The van der Waals surface area contributed by atoms with Crippen molar-refractivity contribution >= 4 is 34.3 Å². The first-order valence-corrected chi connectivity index (χ1v) is 9.62. The molecule has 3 heterocycles. The Morgan fingerprint density at radius 1 is 1.44 bits per heavy atom. The van der Waals surface area contributed by atoms with Crippen molar-refractivity contribution in [3.05, 3.63) is 45.4 Å². The number of aromatic nitrogens is 2. The molecule has 1 saturated carbocycles. The molecule has 1 N–H and O–H groups in total. The van der Waals surface area contributed by atoms with Crippen LogP contribution in [0, 0.1) is 6.92 Å². The van der Waals surface area contributed by atoms with Gasteiger partial charge in [0.1, 0.15) is 0 Å². The molecule has 1 fully saturated rings. The Morgan fingerprint density at radius 3 is 2.93 bits per heavy atom. The lowest BCUT2D eigenvalue weighted by atomic mass is 10.1. The van der Waals surface area contributed by atoms with Gasteiger partial charge in [-0.1, -0.05) is 11.2 Å². The number of methoxy groups -OCH3 is 1. The maximum Gasteiger partial charge on any atom is 0.307 e. The third kappa shape index (κ3) is 3.57. The molecule has 1 aliphatic carbocycles. The quantitative estimate of drug-likeness (QED) is 0.653. The number of carbonyl (C=O) groups excluding carboxylic acids is 2. The second-order valence-electron chi connectivity index (χ2n) is 6.64. The van der Waals surface area contributed by atoms with Gasteiger partial charge in [0, 0.05) is 16.5 Å². The van der Waals surface area contributed by atoms with Crippen LogP contribution in [0.4, 0.5) is 0 Å². The van der Waals surface area contributed by atoms with E-state index in [0.29, 0.717) is 28.3 Å². The van der Waals surface area contributed by atoms with Crippen LogP contribution in [0.25, 0.3) is 11.1 Å². The predicted octanol–water partition coefficient (Wildman–Crippen LogP) is 3.50. The zero-order valence-corrected chi connectivity index (χ0v) is 15.8. The number of thiophene rings is 1. The Bertz CT molecular complexity index is 992. The topological polar surface area (TPSA) is 94.3 Å². The number of aryl methyl sites for hydroxylation is 1. The van der Waals surface area contributed by atoms with Crippen molar-refractivity contribution < 1.29 is 18.8 Å². The summed E-state index contributed by atoms with van der Waals surface area (Å²) in [5.41, 5.74) is 2.32. The van der Waals surface area contributed by atoms with Gasteiger partial charge < -0.3 is 14.6 Å². The number of carbonyl (C=O) groups is 2. The third-order valence-electron chi connectivity index (χ3n) is 4.67. The summed E-state index contributed by atoms with van der Waals surface area (Å²) < 4.78 is 10.1. The molecule has 27 heavy (non-hydrogen) atoms. The van der Waals surface area contributed by atoms with E-state index in [9.17, 15) is 9.59 Å². The molecule has 7 nitrogen and oxygen atoms in total. The van der Waals surface area contributed by atoms with Crippen LogP contribution < -0.4 is 5.32 Å². The first-order valence-electron chi connectivity index (χ1n) is 8.74. The van der Waals surface area contributed by atoms with E-state index < -0.39 is 6.04 Å². The lowest BCUT2D eigenvalue weighted by Crippen LogP contribution is -2.30. The molecule has 1 amide bonds. The van der Waals surface area contributed by atoms with Crippen LogP contribution in [0.2, 0.25) is 0 Å². The van der Waals surface area contributed by atoms with E-state index in [1.165, 1.54) is 18.4 Å².